The van der Waals surface area contributed by atoms with E-state index < -0.39 is 170 Å². The summed E-state index contributed by atoms with van der Waals surface area (Å²) in [6.45, 7) is 18.5. The van der Waals surface area contributed by atoms with Crippen molar-refractivity contribution in [1.82, 2.24) is 47.9 Å². The number of carbonyl (C=O) groups excluding carboxylic acids is 10. The van der Waals surface area contributed by atoms with Crippen LogP contribution >= 0.6 is 0 Å². The maximum Gasteiger partial charge on any atom is 0.329 e. The molecule has 0 aromatic carbocycles. The number of carboxylic acids is 1. The van der Waals surface area contributed by atoms with Crippen LogP contribution < -0.4 is 47.9 Å². The van der Waals surface area contributed by atoms with E-state index in [4.69, 9.17) is 4.74 Å². The minimum atomic E-state index is -1.95. The number of cyclic esters (lactones) is 1. The molecule has 0 saturated carbocycles. The normalized spacial score (nSPS) is 24.2. The van der Waals surface area contributed by atoms with Gasteiger partial charge in [-0.05, 0) is 68.6 Å². The number of nitrogens with one attached hydrogen (secondary N) is 9. The number of ether oxygens (including phenoxy) is 1. The summed E-state index contributed by atoms with van der Waals surface area (Å²) in [4.78, 5) is 153. The van der Waals surface area contributed by atoms with Crippen molar-refractivity contribution in [1.29, 1.82) is 0 Å². The van der Waals surface area contributed by atoms with Gasteiger partial charge in [-0.2, -0.15) is 0 Å². The van der Waals surface area contributed by atoms with Crippen LogP contribution in [0.3, 0.4) is 0 Å². The number of amides is 9. The Morgan fingerprint density at radius 2 is 1.04 bits per heavy atom. The Hall–Kier alpha value is -5.95. The molecule has 1 fully saturated rings. The molecule has 25 nitrogen and oxygen atoms in total. The largest absolute Gasteiger partial charge is 0.481 e. The van der Waals surface area contributed by atoms with Crippen LogP contribution in [0.25, 0.3) is 0 Å². The minimum Gasteiger partial charge on any atom is -0.481 e. The number of rotatable bonds is 28. The molecule has 1 aliphatic rings. The number of carboxylic acid groups (broad SMARTS) is 1. The molecule has 458 valence electrons. The van der Waals surface area contributed by atoms with Crippen molar-refractivity contribution < 1.29 is 77.9 Å². The fraction of sp³-hybridized carbons (Fsp3) is 0.800. The molecule has 1 rings (SSSR count). The summed E-state index contributed by atoms with van der Waals surface area (Å²) in [7, 11) is 0. The second kappa shape index (κ2) is 37.1. The van der Waals surface area contributed by atoms with Crippen LogP contribution in [0.4, 0.5) is 0 Å². The number of aliphatic carboxylic acids is 1. The first-order chi connectivity index (χ1) is 37.5. The van der Waals surface area contributed by atoms with E-state index in [1.165, 1.54) is 6.92 Å². The van der Waals surface area contributed by atoms with Crippen LogP contribution in [-0.4, -0.2) is 165 Å². The summed E-state index contributed by atoms with van der Waals surface area (Å²) in [5.74, 6) is -13.3. The quantitative estimate of drug-likeness (QED) is 0.0374. The van der Waals surface area contributed by atoms with Gasteiger partial charge >= 0.3 is 11.9 Å². The van der Waals surface area contributed by atoms with Crippen molar-refractivity contribution in [2.75, 3.05) is 13.2 Å². The third-order valence-electron chi connectivity index (χ3n) is 13.9. The van der Waals surface area contributed by atoms with Crippen LogP contribution in [0, 0.1) is 29.6 Å². The van der Waals surface area contributed by atoms with Gasteiger partial charge in [-0.25, -0.2) is 4.79 Å². The second-order valence-electron chi connectivity index (χ2n) is 22.5. The average Bonchev–Trinajstić information content (AvgIpc) is 3.38. The van der Waals surface area contributed by atoms with Crippen molar-refractivity contribution in [3.8, 4) is 0 Å². The molecule has 1 saturated heterocycles. The molecule has 1 aliphatic heterocycles. The molecular weight excluding hydrogens is 1040 g/mol. The molecule has 13 N–H and O–H groups in total. The Morgan fingerprint density at radius 3 is 1.52 bits per heavy atom. The number of aliphatic hydroxyl groups excluding tert-OH is 3. The van der Waals surface area contributed by atoms with E-state index in [2.05, 4.69) is 54.8 Å². The third-order valence-corrected chi connectivity index (χ3v) is 13.9. The molecule has 0 radical (unpaired) electrons. The Bertz CT molecular complexity index is 2040. The number of esters is 1. The number of hydrogen-bond acceptors (Lipinski definition) is 15. The van der Waals surface area contributed by atoms with Crippen LogP contribution in [0.5, 0.6) is 0 Å². The lowest BCUT2D eigenvalue weighted by Crippen LogP contribution is -2.64. The molecule has 0 aliphatic carbocycles. The van der Waals surface area contributed by atoms with Crippen molar-refractivity contribution in [2.24, 2.45) is 29.6 Å². The lowest BCUT2D eigenvalue weighted by Gasteiger charge is -2.32. The topological polar surface area (TPSA) is 386 Å². The fourth-order valence-corrected chi connectivity index (χ4v) is 8.78. The highest BCUT2D eigenvalue weighted by Crippen LogP contribution is 2.17. The summed E-state index contributed by atoms with van der Waals surface area (Å²) in [5, 5.41) is 63.7. The number of hydrogen-bond donors (Lipinski definition) is 13. The maximum atomic E-state index is 14.8. The molecular formula is C55H97N9O16. The molecule has 25 heteroatoms. The number of aliphatic hydroxyl groups is 3. The predicted molar refractivity (Wildman–Crippen MR) is 295 cm³/mol. The van der Waals surface area contributed by atoms with Gasteiger partial charge in [-0.15, -0.1) is 0 Å². The van der Waals surface area contributed by atoms with Gasteiger partial charge in [0.2, 0.25) is 53.2 Å². The van der Waals surface area contributed by atoms with Crippen molar-refractivity contribution in [3.63, 3.8) is 0 Å². The van der Waals surface area contributed by atoms with E-state index in [-0.39, 0.29) is 56.3 Å². The van der Waals surface area contributed by atoms with Crippen molar-refractivity contribution in [3.05, 3.63) is 0 Å². The number of carbonyl (C=O) groups is 11. The Kier molecular flexibility index (Phi) is 33.5. The van der Waals surface area contributed by atoms with Gasteiger partial charge in [0.15, 0.2) is 0 Å². The predicted octanol–water partition coefficient (Wildman–Crippen LogP) is 0.486. The first kappa shape index (κ1) is 72.1. The van der Waals surface area contributed by atoms with E-state index in [1.807, 2.05) is 0 Å². The van der Waals surface area contributed by atoms with Gasteiger partial charge in [0.25, 0.3) is 0 Å². The summed E-state index contributed by atoms with van der Waals surface area (Å²) >= 11 is 0. The molecule has 6 unspecified atom stereocenters. The van der Waals surface area contributed by atoms with Crippen LogP contribution in [-0.2, 0) is 57.5 Å². The van der Waals surface area contributed by atoms with Crippen LogP contribution in [0.15, 0.2) is 0 Å². The lowest BCUT2D eigenvalue weighted by atomic mass is 9.96. The summed E-state index contributed by atoms with van der Waals surface area (Å²) in [6, 6.07) is -14.1. The van der Waals surface area contributed by atoms with Crippen LogP contribution in [0.1, 0.15) is 173 Å². The monoisotopic (exact) mass is 1140 g/mol. The van der Waals surface area contributed by atoms with E-state index >= 15 is 0 Å². The molecule has 9 amide bonds. The van der Waals surface area contributed by atoms with E-state index in [0.29, 0.717) is 12.8 Å². The highest BCUT2D eigenvalue weighted by molar-refractivity contribution is 5.99. The molecule has 13 atom stereocenters. The maximum absolute atomic E-state index is 14.8. The first-order valence-corrected chi connectivity index (χ1v) is 28.6. The molecule has 0 bridgehead atoms. The highest BCUT2D eigenvalue weighted by Gasteiger charge is 2.41. The Morgan fingerprint density at radius 1 is 0.562 bits per heavy atom. The van der Waals surface area contributed by atoms with E-state index in [9.17, 15) is 73.2 Å². The molecule has 0 aromatic heterocycles. The Labute approximate surface area is 471 Å². The lowest BCUT2D eigenvalue weighted by molar-refractivity contribution is -0.158. The first-order valence-electron chi connectivity index (χ1n) is 28.6. The average molecular weight is 1140 g/mol. The standard InChI is InChI=1S/C55H97N9O16/c1-13-16-17-18-19-20-35(67)26-42(68)56-37(23-29(4)5)48(72)57-36(21-22-43(69)70)47(71)64-46-34(12)80-55(79)45(33(11)15-3)63-52(76)41(28-66)61-49(73)38(24-30(6)7)58-51(75)40(27-65)60-50(74)39(25-31(8)9)59-53(77)44(32(10)14-2)62-54(46)78/h29-41,44-46,65-67H,13-28H2,1-12H3,(H,56,68)(H,57,72)(H,58,75)(H,59,77)(H,60,74)(H,61,73)(H,62,78)(H,63,76)(H,64,71)(H,69,70)/t32?,33?,34?,35-,36+,37-,38-,39-,40+,41+,44?,45?,46?/m0/s1. The zero-order valence-electron chi connectivity index (χ0n) is 49.2. The smallest absolute Gasteiger partial charge is 0.329 e. The van der Waals surface area contributed by atoms with Gasteiger partial charge in [0.05, 0.1) is 25.7 Å². The highest BCUT2D eigenvalue weighted by atomic mass is 16.5. The van der Waals surface area contributed by atoms with E-state index in [1.54, 1.807) is 69.2 Å². The SMILES string of the molecule is CCCCCCC[C@H](O)CC(=O)N[C@@H](CC(C)C)C(=O)N[C@H](CCC(=O)O)C(=O)NC1C(=O)NC(C(C)CC)C(=O)N[C@@H](CC(C)C)C(=O)N[C@H](CO)C(=O)N[C@@H](CC(C)C)C(=O)N[C@H](CO)C(=O)NC(C(C)CC)C(=O)OC1C. The van der Waals surface area contributed by atoms with Crippen LogP contribution in [0.2, 0.25) is 0 Å². The van der Waals surface area contributed by atoms with Gasteiger partial charge in [0, 0.05) is 6.42 Å². The fourth-order valence-electron chi connectivity index (χ4n) is 8.78. The van der Waals surface area contributed by atoms with Gasteiger partial charge in [0.1, 0.15) is 60.5 Å². The number of unbranched alkanes of at least 4 members (excludes halogenated alkanes) is 4. The zero-order chi connectivity index (χ0) is 61.0. The van der Waals surface area contributed by atoms with Gasteiger partial charge in [-0.1, -0.05) is 121 Å². The van der Waals surface area contributed by atoms with Gasteiger partial charge < -0.3 is 73.0 Å². The summed E-state index contributed by atoms with van der Waals surface area (Å²) in [6.07, 6.45) is 1.31. The van der Waals surface area contributed by atoms with E-state index in [0.717, 1.165) is 25.7 Å². The molecule has 0 aromatic rings. The van der Waals surface area contributed by atoms with Crippen molar-refractivity contribution in [2.45, 2.75) is 240 Å². The zero-order valence-corrected chi connectivity index (χ0v) is 49.2. The minimum absolute atomic E-state index is 0.00960. The summed E-state index contributed by atoms with van der Waals surface area (Å²) < 4.78 is 5.85. The second-order valence-corrected chi connectivity index (χ2v) is 22.5. The molecule has 0 spiro atoms. The molecule has 1 heterocycles. The molecule has 80 heavy (non-hydrogen) atoms. The van der Waals surface area contributed by atoms with Crippen molar-refractivity contribution >= 4 is 65.1 Å². The Balaban J connectivity index is 4.04. The van der Waals surface area contributed by atoms with Gasteiger partial charge in [-0.3, -0.25) is 47.9 Å². The third kappa shape index (κ3) is 26.1. The summed E-state index contributed by atoms with van der Waals surface area (Å²) in [5.41, 5.74) is 0.